The zero-order valence-electron chi connectivity index (χ0n) is 24.6. The molecule has 3 N–H and O–H groups in total. The van der Waals surface area contributed by atoms with Gasteiger partial charge in [0.2, 0.25) is 0 Å². The number of carbonyl (C=O) groups excluding carboxylic acids is 1. The molecule has 5 heteroatoms. The van der Waals surface area contributed by atoms with E-state index < -0.39 is 18.3 Å². The van der Waals surface area contributed by atoms with Crippen LogP contribution in [0.25, 0.3) is 0 Å². The first-order valence-electron chi connectivity index (χ1n) is 14.6. The summed E-state index contributed by atoms with van der Waals surface area (Å²) in [6, 6.07) is 0. The smallest absolute Gasteiger partial charge is 0.302 e. The molecule has 0 spiro atoms. The highest BCUT2D eigenvalue weighted by Gasteiger charge is 2.63. The van der Waals surface area contributed by atoms with Crippen LogP contribution in [-0.2, 0) is 9.53 Å². The summed E-state index contributed by atoms with van der Waals surface area (Å²) in [4.78, 5) is 11.8. The Kier molecular flexibility index (Phi) is 7.39. The van der Waals surface area contributed by atoms with Gasteiger partial charge in [0, 0.05) is 12.3 Å². The number of rotatable bonds is 7. The summed E-state index contributed by atoms with van der Waals surface area (Å²) >= 11 is 0. The molecule has 2 unspecified atom stereocenters. The van der Waals surface area contributed by atoms with E-state index >= 15 is 0 Å². The maximum absolute atomic E-state index is 11.8. The second-order valence-electron chi connectivity index (χ2n) is 14.6. The third-order valence-electron chi connectivity index (χ3n) is 12.2. The van der Waals surface area contributed by atoms with Crippen LogP contribution in [0.15, 0.2) is 23.3 Å². The van der Waals surface area contributed by atoms with E-state index in [-0.39, 0.29) is 33.7 Å². The standard InChI is InChI=1S/C32H52O5/c1-20(9-12-26(35)32(8,36)19-33)22-13-17-31(7)24-10-11-25-28(3,4)27(37-21(2)34)15-16-29(25,5)23(24)14-18-30(22,31)6/h10,14,20,22,25-27,33,35-36H,9,11-13,15-19H2,1-8H3/t20-,22-,25+,26?,27+,29-,30-,31+,32?/m1/s1. The van der Waals surface area contributed by atoms with Crippen molar-refractivity contribution in [2.45, 2.75) is 125 Å². The molecule has 0 saturated heterocycles. The number of fused-ring (bicyclic) bond motifs is 5. The molecule has 0 aromatic carbocycles. The van der Waals surface area contributed by atoms with Gasteiger partial charge < -0.3 is 20.1 Å². The number of hydrogen-bond donors (Lipinski definition) is 3. The SMILES string of the molecule is CC(=O)O[C@H]1CC[C@]2(C)C3=CC[C@]4(C)[C@@H]([C@H](C)CCC(O)C(C)(O)CO)CC[C@@]4(C)C3=CC[C@H]2C1(C)C. The summed E-state index contributed by atoms with van der Waals surface area (Å²) in [5.41, 5.74) is 1.97. The molecule has 9 atom stereocenters. The third-order valence-corrected chi connectivity index (χ3v) is 12.2. The Hall–Kier alpha value is -1.17. The van der Waals surface area contributed by atoms with Gasteiger partial charge in [0.15, 0.2) is 0 Å². The molecule has 0 aliphatic heterocycles. The van der Waals surface area contributed by atoms with Gasteiger partial charge in [0.1, 0.15) is 11.7 Å². The second kappa shape index (κ2) is 9.48. The van der Waals surface area contributed by atoms with Crippen molar-refractivity contribution in [1.82, 2.24) is 0 Å². The van der Waals surface area contributed by atoms with Crippen LogP contribution in [0.4, 0.5) is 0 Å². The average molecular weight is 517 g/mol. The maximum atomic E-state index is 11.8. The number of esters is 1. The van der Waals surface area contributed by atoms with Crippen LogP contribution in [0.5, 0.6) is 0 Å². The van der Waals surface area contributed by atoms with Crippen molar-refractivity contribution in [3.63, 3.8) is 0 Å². The number of aliphatic hydroxyl groups is 3. The molecular formula is C32H52O5. The van der Waals surface area contributed by atoms with Gasteiger partial charge in [0.25, 0.3) is 0 Å². The fourth-order valence-corrected chi connectivity index (χ4v) is 9.38. The minimum absolute atomic E-state index is 0.0262. The van der Waals surface area contributed by atoms with Gasteiger partial charge in [0.05, 0.1) is 12.7 Å². The molecule has 4 aliphatic rings. The van der Waals surface area contributed by atoms with Crippen molar-refractivity contribution >= 4 is 5.97 Å². The summed E-state index contributed by atoms with van der Waals surface area (Å²) in [5, 5.41) is 30.1. The number of ether oxygens (including phenoxy) is 1. The molecule has 2 saturated carbocycles. The van der Waals surface area contributed by atoms with Gasteiger partial charge in [-0.2, -0.15) is 0 Å². The first kappa shape index (κ1) is 28.8. The second-order valence-corrected chi connectivity index (χ2v) is 14.6. The van der Waals surface area contributed by atoms with Gasteiger partial charge in [-0.15, -0.1) is 0 Å². The van der Waals surface area contributed by atoms with Crippen LogP contribution in [0, 0.1) is 39.4 Å². The normalized spacial score (nSPS) is 41.8. The molecule has 0 aromatic rings. The van der Waals surface area contributed by atoms with Gasteiger partial charge in [-0.05, 0) is 103 Å². The van der Waals surface area contributed by atoms with E-state index in [1.807, 2.05) is 0 Å². The zero-order chi connectivity index (χ0) is 27.6. The maximum Gasteiger partial charge on any atom is 0.302 e. The van der Waals surface area contributed by atoms with Crippen LogP contribution in [0.1, 0.15) is 107 Å². The highest BCUT2D eigenvalue weighted by atomic mass is 16.5. The highest BCUT2D eigenvalue weighted by molar-refractivity contribution is 5.66. The molecule has 2 fully saturated rings. The Bertz CT molecular complexity index is 962. The first-order valence-corrected chi connectivity index (χ1v) is 14.6. The molecule has 37 heavy (non-hydrogen) atoms. The molecule has 5 nitrogen and oxygen atoms in total. The highest BCUT2D eigenvalue weighted by Crippen LogP contribution is 2.71. The van der Waals surface area contributed by atoms with E-state index in [2.05, 4.69) is 53.7 Å². The van der Waals surface area contributed by atoms with E-state index in [0.29, 0.717) is 24.2 Å². The first-order chi connectivity index (χ1) is 17.0. The lowest BCUT2D eigenvalue weighted by Crippen LogP contribution is -2.55. The molecule has 0 amide bonds. The van der Waals surface area contributed by atoms with Crippen molar-refractivity contribution in [3.8, 4) is 0 Å². The lowest BCUT2D eigenvalue weighted by Gasteiger charge is -2.61. The Labute approximate surface area is 224 Å². The van der Waals surface area contributed by atoms with Crippen LogP contribution < -0.4 is 0 Å². The molecular weight excluding hydrogens is 464 g/mol. The van der Waals surface area contributed by atoms with Gasteiger partial charge in [-0.25, -0.2) is 0 Å². The van der Waals surface area contributed by atoms with Crippen molar-refractivity contribution in [2.75, 3.05) is 6.61 Å². The summed E-state index contributed by atoms with van der Waals surface area (Å²) in [6.07, 6.45) is 11.9. The predicted molar refractivity (Wildman–Crippen MR) is 147 cm³/mol. The number of carbonyl (C=O) groups is 1. The molecule has 4 rings (SSSR count). The van der Waals surface area contributed by atoms with Crippen molar-refractivity contribution < 1.29 is 24.9 Å². The number of hydrogen-bond acceptors (Lipinski definition) is 5. The van der Waals surface area contributed by atoms with Crippen LogP contribution in [-0.4, -0.2) is 45.7 Å². The van der Waals surface area contributed by atoms with Crippen LogP contribution in [0.3, 0.4) is 0 Å². The third kappa shape index (κ3) is 4.36. The van der Waals surface area contributed by atoms with Crippen molar-refractivity contribution in [1.29, 1.82) is 0 Å². The Morgan fingerprint density at radius 3 is 2.41 bits per heavy atom. The fourth-order valence-electron chi connectivity index (χ4n) is 9.38. The van der Waals surface area contributed by atoms with E-state index in [1.54, 1.807) is 11.1 Å². The molecule has 0 heterocycles. The summed E-state index contributed by atoms with van der Waals surface area (Å²) in [6.45, 7) is 17.0. The summed E-state index contributed by atoms with van der Waals surface area (Å²) in [7, 11) is 0. The predicted octanol–water partition coefficient (Wildman–Crippen LogP) is 5.96. The monoisotopic (exact) mass is 516 g/mol. The molecule has 0 radical (unpaired) electrons. The quantitative estimate of drug-likeness (QED) is 0.363. The van der Waals surface area contributed by atoms with Crippen molar-refractivity contribution in [2.24, 2.45) is 39.4 Å². The lowest BCUT2D eigenvalue weighted by atomic mass is 9.44. The average Bonchev–Trinajstić information content (AvgIpc) is 3.10. The van der Waals surface area contributed by atoms with Crippen LogP contribution in [0.2, 0.25) is 0 Å². The van der Waals surface area contributed by atoms with Crippen LogP contribution >= 0.6 is 0 Å². The van der Waals surface area contributed by atoms with E-state index in [0.717, 1.165) is 32.1 Å². The van der Waals surface area contributed by atoms with E-state index in [4.69, 9.17) is 4.74 Å². The molecule has 210 valence electrons. The molecule has 0 aromatic heterocycles. The Morgan fingerprint density at radius 1 is 1.11 bits per heavy atom. The minimum Gasteiger partial charge on any atom is -0.462 e. The largest absolute Gasteiger partial charge is 0.462 e. The number of aliphatic hydroxyl groups excluding tert-OH is 2. The fraction of sp³-hybridized carbons (Fsp3) is 0.844. The van der Waals surface area contributed by atoms with Gasteiger partial charge >= 0.3 is 5.97 Å². The van der Waals surface area contributed by atoms with Crippen molar-refractivity contribution in [3.05, 3.63) is 23.3 Å². The molecule has 0 bridgehead atoms. The Morgan fingerprint density at radius 2 is 1.78 bits per heavy atom. The van der Waals surface area contributed by atoms with E-state index in [1.165, 1.54) is 26.7 Å². The lowest BCUT2D eigenvalue weighted by molar-refractivity contribution is -0.165. The Balaban J connectivity index is 1.58. The minimum atomic E-state index is -1.45. The topological polar surface area (TPSA) is 87.0 Å². The zero-order valence-corrected chi connectivity index (χ0v) is 24.6. The van der Waals surface area contributed by atoms with E-state index in [9.17, 15) is 20.1 Å². The van der Waals surface area contributed by atoms with Gasteiger partial charge in [-0.1, -0.05) is 53.7 Å². The summed E-state index contributed by atoms with van der Waals surface area (Å²) in [5.74, 6) is 1.24. The number of allylic oxidation sites excluding steroid dienone is 4. The summed E-state index contributed by atoms with van der Waals surface area (Å²) < 4.78 is 5.82. The molecule has 4 aliphatic carbocycles. The van der Waals surface area contributed by atoms with Gasteiger partial charge in [-0.3, -0.25) is 4.79 Å².